The maximum absolute atomic E-state index is 14.2. The molecule has 8 heteroatoms. The van der Waals surface area contributed by atoms with E-state index in [1.165, 1.54) is 19.1 Å². The Morgan fingerprint density at radius 3 is 2.12 bits per heavy atom. The molecule has 3 aromatic rings. The largest absolute Gasteiger partial charge is 0.573 e. The number of benzene rings is 3. The molecule has 0 amide bonds. The normalized spacial score (nSPS) is 13.7. The standard InChI is InChI=1S/C25H22F6O2/c1-24(23(27)28,20-8-10-21(11-9-20)33-25(29,30)31)16-32-15-18-7-12-22(26)19(14-18)13-17-5-3-2-4-6-17/h2-12,14,23H,13,15-16H2,1H3. The van der Waals surface area contributed by atoms with Crippen LogP contribution in [0.5, 0.6) is 5.75 Å². The zero-order valence-corrected chi connectivity index (χ0v) is 17.7. The van der Waals surface area contributed by atoms with E-state index in [1.807, 2.05) is 30.3 Å². The van der Waals surface area contributed by atoms with Crippen LogP contribution in [0.3, 0.4) is 0 Å². The number of halogens is 6. The second-order valence-corrected chi connectivity index (χ2v) is 7.87. The van der Waals surface area contributed by atoms with Crippen LogP contribution in [0.2, 0.25) is 0 Å². The quantitative estimate of drug-likeness (QED) is 0.313. The Hall–Kier alpha value is -3.00. The van der Waals surface area contributed by atoms with Crippen molar-refractivity contribution in [3.05, 3.63) is 101 Å². The van der Waals surface area contributed by atoms with Crippen LogP contribution in [-0.4, -0.2) is 19.4 Å². The first-order valence-corrected chi connectivity index (χ1v) is 10.1. The maximum Gasteiger partial charge on any atom is 0.573 e. The van der Waals surface area contributed by atoms with Gasteiger partial charge in [0.05, 0.1) is 18.6 Å². The molecule has 0 bridgehead atoms. The highest BCUT2D eigenvalue weighted by Crippen LogP contribution is 2.33. The van der Waals surface area contributed by atoms with Gasteiger partial charge in [0.15, 0.2) is 0 Å². The fourth-order valence-electron chi connectivity index (χ4n) is 3.36. The van der Waals surface area contributed by atoms with E-state index < -0.39 is 30.6 Å². The molecule has 0 heterocycles. The van der Waals surface area contributed by atoms with E-state index in [1.54, 1.807) is 6.07 Å². The molecule has 176 valence electrons. The summed E-state index contributed by atoms with van der Waals surface area (Å²) in [7, 11) is 0. The Labute approximate surface area is 187 Å². The predicted molar refractivity (Wildman–Crippen MR) is 112 cm³/mol. The first kappa shape index (κ1) is 24.6. The molecule has 3 rings (SSSR count). The molecule has 0 aliphatic heterocycles. The lowest BCUT2D eigenvalue weighted by molar-refractivity contribution is -0.274. The molecule has 0 spiro atoms. The molecule has 0 saturated carbocycles. The third kappa shape index (κ3) is 6.74. The van der Waals surface area contributed by atoms with E-state index in [0.29, 0.717) is 17.5 Å². The topological polar surface area (TPSA) is 18.5 Å². The highest BCUT2D eigenvalue weighted by atomic mass is 19.4. The summed E-state index contributed by atoms with van der Waals surface area (Å²) in [6.07, 6.45) is -7.33. The van der Waals surface area contributed by atoms with Gasteiger partial charge in [0.2, 0.25) is 6.43 Å². The molecule has 1 unspecified atom stereocenters. The fraction of sp³-hybridized carbons (Fsp3) is 0.280. The van der Waals surface area contributed by atoms with Gasteiger partial charge in [0.25, 0.3) is 0 Å². The number of hydrogen-bond acceptors (Lipinski definition) is 2. The van der Waals surface area contributed by atoms with Crippen molar-refractivity contribution >= 4 is 0 Å². The van der Waals surface area contributed by atoms with Crippen LogP contribution in [0.4, 0.5) is 26.3 Å². The van der Waals surface area contributed by atoms with E-state index >= 15 is 0 Å². The molecule has 0 N–H and O–H groups in total. The summed E-state index contributed by atoms with van der Waals surface area (Å²) >= 11 is 0. The van der Waals surface area contributed by atoms with Crippen molar-refractivity contribution in [3.63, 3.8) is 0 Å². The van der Waals surface area contributed by atoms with Gasteiger partial charge in [-0.05, 0) is 47.4 Å². The zero-order chi connectivity index (χ0) is 24.1. The first-order chi connectivity index (χ1) is 15.6. The molecule has 0 aliphatic rings. The molecule has 0 radical (unpaired) electrons. The molecule has 0 aromatic heterocycles. The van der Waals surface area contributed by atoms with E-state index in [9.17, 15) is 26.3 Å². The van der Waals surface area contributed by atoms with Crippen molar-refractivity contribution in [1.82, 2.24) is 0 Å². The number of rotatable bonds is 9. The van der Waals surface area contributed by atoms with Gasteiger partial charge in [-0.25, -0.2) is 13.2 Å². The van der Waals surface area contributed by atoms with Crippen LogP contribution >= 0.6 is 0 Å². The molecule has 3 aromatic carbocycles. The molecule has 0 fully saturated rings. The van der Waals surface area contributed by atoms with Crippen molar-refractivity contribution in [1.29, 1.82) is 0 Å². The van der Waals surface area contributed by atoms with Gasteiger partial charge in [-0.3, -0.25) is 0 Å². The van der Waals surface area contributed by atoms with Crippen LogP contribution in [0.25, 0.3) is 0 Å². The smallest absolute Gasteiger partial charge is 0.406 e. The minimum absolute atomic E-state index is 0.0281. The lowest BCUT2D eigenvalue weighted by Gasteiger charge is -2.29. The fourth-order valence-corrected chi connectivity index (χ4v) is 3.36. The van der Waals surface area contributed by atoms with E-state index in [-0.39, 0.29) is 18.0 Å². The third-order valence-corrected chi connectivity index (χ3v) is 5.25. The van der Waals surface area contributed by atoms with Gasteiger partial charge in [0, 0.05) is 6.42 Å². The third-order valence-electron chi connectivity index (χ3n) is 5.25. The molecule has 1 atom stereocenters. The average Bonchev–Trinajstić information content (AvgIpc) is 2.76. The first-order valence-electron chi connectivity index (χ1n) is 10.1. The van der Waals surface area contributed by atoms with Gasteiger partial charge in [-0.1, -0.05) is 54.6 Å². The summed E-state index contributed by atoms with van der Waals surface area (Å²) in [5.74, 6) is -0.873. The van der Waals surface area contributed by atoms with E-state index in [0.717, 1.165) is 29.8 Å². The zero-order valence-electron chi connectivity index (χ0n) is 17.7. The average molecular weight is 468 g/mol. The summed E-state index contributed by atoms with van der Waals surface area (Å²) < 4.78 is 88.3. The van der Waals surface area contributed by atoms with Crippen molar-refractivity contribution in [2.24, 2.45) is 0 Å². The minimum Gasteiger partial charge on any atom is -0.406 e. The molecular weight excluding hydrogens is 446 g/mol. The molecular formula is C25H22F6O2. The summed E-state index contributed by atoms with van der Waals surface area (Å²) in [5, 5.41) is 0. The highest BCUT2D eigenvalue weighted by molar-refractivity contribution is 5.33. The highest BCUT2D eigenvalue weighted by Gasteiger charge is 2.38. The monoisotopic (exact) mass is 468 g/mol. The molecule has 0 aliphatic carbocycles. The number of hydrogen-bond donors (Lipinski definition) is 0. The Balaban J connectivity index is 1.67. The van der Waals surface area contributed by atoms with Crippen molar-refractivity contribution in [3.8, 4) is 5.75 Å². The molecule has 0 saturated heterocycles. The molecule has 2 nitrogen and oxygen atoms in total. The summed E-state index contributed by atoms with van der Waals surface area (Å²) in [4.78, 5) is 0. The predicted octanol–water partition coefficient (Wildman–Crippen LogP) is 7.05. The maximum atomic E-state index is 14.2. The van der Waals surface area contributed by atoms with E-state index in [4.69, 9.17) is 4.74 Å². The number of alkyl halides is 5. The van der Waals surface area contributed by atoms with Gasteiger partial charge in [0.1, 0.15) is 11.6 Å². The summed E-state index contributed by atoms with van der Waals surface area (Å²) in [6.45, 7) is 0.845. The van der Waals surface area contributed by atoms with Gasteiger partial charge >= 0.3 is 6.36 Å². The van der Waals surface area contributed by atoms with Gasteiger partial charge in [-0.15, -0.1) is 13.2 Å². The van der Waals surface area contributed by atoms with Crippen LogP contribution < -0.4 is 4.74 Å². The van der Waals surface area contributed by atoms with Crippen LogP contribution in [0, 0.1) is 5.82 Å². The second-order valence-electron chi connectivity index (χ2n) is 7.87. The van der Waals surface area contributed by atoms with E-state index in [2.05, 4.69) is 4.74 Å². The number of ether oxygens (including phenoxy) is 2. The van der Waals surface area contributed by atoms with Crippen molar-refractivity contribution in [2.45, 2.75) is 38.2 Å². The SMILES string of the molecule is CC(COCc1ccc(F)c(Cc2ccccc2)c1)(c1ccc(OC(F)(F)F)cc1)C(F)F. The summed E-state index contributed by atoms with van der Waals surface area (Å²) in [6, 6.07) is 18.1. The van der Waals surface area contributed by atoms with Gasteiger partial charge < -0.3 is 9.47 Å². The van der Waals surface area contributed by atoms with Crippen LogP contribution in [0.1, 0.15) is 29.2 Å². The van der Waals surface area contributed by atoms with Crippen molar-refractivity contribution < 1.29 is 35.8 Å². The lowest BCUT2D eigenvalue weighted by atomic mass is 9.83. The van der Waals surface area contributed by atoms with Crippen LogP contribution in [0.15, 0.2) is 72.8 Å². The minimum atomic E-state index is -4.87. The molecule has 33 heavy (non-hydrogen) atoms. The Morgan fingerprint density at radius 1 is 0.848 bits per heavy atom. The Kier molecular flexibility index (Phi) is 7.68. The van der Waals surface area contributed by atoms with Crippen LogP contribution in [-0.2, 0) is 23.2 Å². The van der Waals surface area contributed by atoms with Crippen molar-refractivity contribution in [2.75, 3.05) is 6.61 Å². The Morgan fingerprint density at radius 2 is 1.52 bits per heavy atom. The summed E-state index contributed by atoms with van der Waals surface area (Å²) in [5.41, 5.74) is 0.351. The van der Waals surface area contributed by atoms with Gasteiger partial charge in [-0.2, -0.15) is 0 Å². The Bertz CT molecular complexity index is 1040. The lowest BCUT2D eigenvalue weighted by Crippen LogP contribution is -2.36. The second kappa shape index (κ2) is 10.3.